The van der Waals surface area contributed by atoms with E-state index in [1.54, 1.807) is 61.7 Å². The maximum Gasteiger partial charge on any atom is 0.264 e. The molecule has 236 valence electrons. The number of hydrogen-bond donors (Lipinski definition) is 1. The van der Waals surface area contributed by atoms with Gasteiger partial charge in [0.05, 0.1) is 17.7 Å². The Labute approximate surface area is 274 Å². The van der Waals surface area contributed by atoms with E-state index < -0.39 is 28.5 Å². The molecule has 10 heteroatoms. The molecule has 4 aromatic carbocycles. The average molecular weight is 693 g/mol. The van der Waals surface area contributed by atoms with Crippen LogP contribution in [0.5, 0.6) is 5.75 Å². The van der Waals surface area contributed by atoms with E-state index in [0.717, 1.165) is 19.9 Å². The highest BCUT2D eigenvalue weighted by Crippen LogP contribution is 2.27. The van der Waals surface area contributed by atoms with Crippen molar-refractivity contribution in [1.82, 2.24) is 10.2 Å². The first-order valence-corrected chi connectivity index (χ1v) is 17.0. The smallest absolute Gasteiger partial charge is 0.264 e. The normalized spacial score (nSPS) is 12.5. The van der Waals surface area contributed by atoms with E-state index in [1.807, 2.05) is 56.3 Å². The summed E-state index contributed by atoms with van der Waals surface area (Å²) in [5.74, 6) is -0.238. The summed E-state index contributed by atoms with van der Waals surface area (Å²) in [6, 6.07) is 30.4. The lowest BCUT2D eigenvalue weighted by Gasteiger charge is -2.34. The van der Waals surface area contributed by atoms with Gasteiger partial charge >= 0.3 is 0 Å². The van der Waals surface area contributed by atoms with Crippen LogP contribution in [0.2, 0.25) is 0 Å². The van der Waals surface area contributed by atoms with Gasteiger partial charge in [0.1, 0.15) is 18.3 Å². The molecule has 1 N–H and O–H groups in total. The second-order valence-corrected chi connectivity index (χ2v) is 13.5. The summed E-state index contributed by atoms with van der Waals surface area (Å²) in [7, 11) is -2.60. The number of nitrogens with one attached hydrogen (secondary N) is 1. The monoisotopic (exact) mass is 691 g/mol. The van der Waals surface area contributed by atoms with Crippen LogP contribution in [-0.4, -0.2) is 50.9 Å². The fourth-order valence-electron chi connectivity index (χ4n) is 4.82. The van der Waals surface area contributed by atoms with Gasteiger partial charge in [0, 0.05) is 23.5 Å². The number of methoxy groups -OCH3 is 1. The van der Waals surface area contributed by atoms with Crippen molar-refractivity contribution in [3.63, 3.8) is 0 Å². The van der Waals surface area contributed by atoms with Crippen molar-refractivity contribution in [2.45, 2.75) is 50.2 Å². The molecule has 0 saturated heterocycles. The second kappa shape index (κ2) is 15.7. The molecule has 0 aliphatic heterocycles. The zero-order chi connectivity index (χ0) is 32.4. The van der Waals surface area contributed by atoms with Crippen LogP contribution in [0.4, 0.5) is 5.69 Å². The van der Waals surface area contributed by atoms with Gasteiger partial charge in [-0.15, -0.1) is 0 Å². The number of benzene rings is 4. The summed E-state index contributed by atoms with van der Waals surface area (Å²) < 4.78 is 35.4. The molecule has 0 aromatic heterocycles. The quantitative estimate of drug-likeness (QED) is 0.170. The molecule has 2 amide bonds. The van der Waals surface area contributed by atoms with Gasteiger partial charge in [-0.25, -0.2) is 8.42 Å². The van der Waals surface area contributed by atoms with E-state index in [0.29, 0.717) is 17.9 Å². The zero-order valence-electron chi connectivity index (χ0n) is 25.6. The molecule has 0 spiro atoms. The van der Waals surface area contributed by atoms with Crippen LogP contribution in [0.3, 0.4) is 0 Å². The van der Waals surface area contributed by atoms with Crippen molar-refractivity contribution in [2.75, 3.05) is 18.0 Å². The topological polar surface area (TPSA) is 96.0 Å². The molecule has 0 aliphatic rings. The molecule has 2 unspecified atom stereocenters. The van der Waals surface area contributed by atoms with Gasteiger partial charge in [-0.05, 0) is 73.0 Å². The maximum absolute atomic E-state index is 14.5. The number of nitrogens with zero attached hydrogens (tertiary/aromatic N) is 2. The Morgan fingerprint density at radius 2 is 1.49 bits per heavy atom. The molecule has 0 saturated carbocycles. The van der Waals surface area contributed by atoms with E-state index in [2.05, 4.69) is 21.2 Å². The van der Waals surface area contributed by atoms with Crippen LogP contribution in [0, 0.1) is 0 Å². The number of amides is 2. The first-order chi connectivity index (χ1) is 21.6. The minimum Gasteiger partial charge on any atom is -0.497 e. The minimum absolute atomic E-state index is 0.0513. The third-order valence-electron chi connectivity index (χ3n) is 7.48. The highest BCUT2D eigenvalue weighted by atomic mass is 79.9. The Kier molecular flexibility index (Phi) is 11.8. The predicted molar refractivity (Wildman–Crippen MR) is 180 cm³/mol. The van der Waals surface area contributed by atoms with Gasteiger partial charge in [-0.3, -0.25) is 13.9 Å². The number of hydrogen-bond acceptors (Lipinski definition) is 5. The van der Waals surface area contributed by atoms with Gasteiger partial charge in [-0.1, -0.05) is 83.5 Å². The van der Waals surface area contributed by atoms with Crippen LogP contribution in [-0.2, 0) is 32.6 Å². The third-order valence-corrected chi connectivity index (χ3v) is 9.80. The van der Waals surface area contributed by atoms with Crippen LogP contribution in [0.1, 0.15) is 31.4 Å². The van der Waals surface area contributed by atoms with Crippen molar-refractivity contribution in [2.24, 2.45) is 0 Å². The van der Waals surface area contributed by atoms with Gasteiger partial charge in [0.15, 0.2) is 0 Å². The molecule has 0 heterocycles. The first-order valence-electron chi connectivity index (χ1n) is 14.7. The summed E-state index contributed by atoms with van der Waals surface area (Å²) >= 11 is 3.41. The van der Waals surface area contributed by atoms with Gasteiger partial charge in [0.2, 0.25) is 11.8 Å². The molecule has 8 nitrogen and oxygen atoms in total. The highest BCUT2D eigenvalue weighted by molar-refractivity contribution is 9.10. The number of ether oxygens (including phenoxy) is 1. The number of carbonyl (C=O) groups excluding carboxylic acids is 2. The number of sulfonamides is 1. The summed E-state index contributed by atoms with van der Waals surface area (Å²) in [6.07, 6.45) is 0.947. The van der Waals surface area contributed by atoms with Gasteiger partial charge < -0.3 is 15.0 Å². The highest BCUT2D eigenvalue weighted by Gasteiger charge is 2.35. The molecular weight excluding hydrogens is 654 g/mol. The molecule has 2 atom stereocenters. The summed E-state index contributed by atoms with van der Waals surface area (Å²) in [6.45, 7) is 3.42. The summed E-state index contributed by atoms with van der Waals surface area (Å²) in [5, 5.41) is 3.05. The SMILES string of the molecule is CCC(C)NC(=O)C(Cc1ccccc1)N(Cc1cccc(OC)c1)C(=O)CN(c1ccc(Br)cc1)S(=O)(=O)c1ccccc1. The maximum atomic E-state index is 14.5. The second-order valence-electron chi connectivity index (χ2n) is 10.7. The number of anilines is 1. The third kappa shape index (κ3) is 8.95. The van der Waals surface area contributed by atoms with Crippen molar-refractivity contribution < 1.29 is 22.7 Å². The van der Waals surface area contributed by atoms with E-state index >= 15 is 0 Å². The zero-order valence-corrected chi connectivity index (χ0v) is 28.0. The molecule has 0 radical (unpaired) electrons. The Balaban J connectivity index is 1.81. The number of carbonyl (C=O) groups is 2. The molecule has 0 aliphatic carbocycles. The lowest BCUT2D eigenvalue weighted by atomic mass is 10.0. The Hall–Kier alpha value is -4.15. The molecule has 0 bridgehead atoms. The van der Waals surface area contributed by atoms with Gasteiger partial charge in [0.25, 0.3) is 10.0 Å². The van der Waals surface area contributed by atoms with Crippen molar-refractivity contribution in [3.8, 4) is 5.75 Å². The molecule has 0 fully saturated rings. The lowest BCUT2D eigenvalue weighted by Crippen LogP contribution is -2.54. The Morgan fingerprint density at radius 3 is 2.11 bits per heavy atom. The van der Waals surface area contributed by atoms with Crippen LogP contribution >= 0.6 is 15.9 Å². The Bertz CT molecular complexity index is 1670. The molecule has 45 heavy (non-hydrogen) atoms. The van der Waals surface area contributed by atoms with Crippen LogP contribution in [0.25, 0.3) is 0 Å². The lowest BCUT2D eigenvalue weighted by molar-refractivity contribution is -0.140. The van der Waals surface area contributed by atoms with Gasteiger partial charge in [-0.2, -0.15) is 0 Å². The van der Waals surface area contributed by atoms with E-state index in [-0.39, 0.29) is 29.8 Å². The van der Waals surface area contributed by atoms with E-state index in [9.17, 15) is 18.0 Å². The average Bonchev–Trinajstić information content (AvgIpc) is 3.06. The number of halogens is 1. The van der Waals surface area contributed by atoms with E-state index in [4.69, 9.17) is 4.74 Å². The fourth-order valence-corrected chi connectivity index (χ4v) is 6.52. The standard InChI is InChI=1S/C35H38BrN3O5S/c1-4-26(2)37-35(41)33(23-27-12-7-5-8-13-27)38(24-28-14-11-15-31(22-28)44-3)34(40)25-39(30-20-18-29(36)19-21-30)45(42,43)32-16-9-6-10-17-32/h5-22,26,33H,4,23-25H2,1-3H3,(H,37,41). The molecule has 4 aromatic rings. The summed E-state index contributed by atoms with van der Waals surface area (Å²) in [4.78, 5) is 30.0. The predicted octanol–water partition coefficient (Wildman–Crippen LogP) is 6.21. The number of rotatable bonds is 14. The fraction of sp³-hybridized carbons (Fsp3) is 0.257. The van der Waals surface area contributed by atoms with E-state index in [1.165, 1.54) is 17.0 Å². The largest absolute Gasteiger partial charge is 0.497 e. The van der Waals surface area contributed by atoms with Crippen LogP contribution in [0.15, 0.2) is 119 Å². The molecular formula is C35H38BrN3O5S. The summed E-state index contributed by atoms with van der Waals surface area (Å²) in [5.41, 5.74) is 1.92. The Morgan fingerprint density at radius 1 is 0.867 bits per heavy atom. The first kappa shape index (κ1) is 33.7. The van der Waals surface area contributed by atoms with Crippen LogP contribution < -0.4 is 14.4 Å². The minimum atomic E-state index is -4.16. The van der Waals surface area contributed by atoms with Crippen molar-refractivity contribution >= 4 is 43.5 Å². The molecule has 4 rings (SSSR count). The van der Waals surface area contributed by atoms with Crippen molar-refractivity contribution in [1.29, 1.82) is 0 Å². The van der Waals surface area contributed by atoms with Crippen molar-refractivity contribution in [3.05, 3.63) is 125 Å².